The molecule has 0 saturated heterocycles. The number of phenols is 2. The lowest BCUT2D eigenvalue weighted by atomic mass is 9.34. The quantitative estimate of drug-likeness (QED) is 0.203. The van der Waals surface area contributed by atoms with Crippen LogP contribution in [0.4, 0.5) is 0 Å². The molecular weight excluding hydrogens is 536 g/mol. The number of fused-ring (bicyclic) bond motifs is 7. The summed E-state index contributed by atoms with van der Waals surface area (Å²) >= 11 is 0. The largest absolute Gasteiger partial charge is 0.504 e. The Morgan fingerprint density at radius 1 is 0.837 bits per heavy atom. The van der Waals surface area contributed by atoms with Gasteiger partial charge in [-0.2, -0.15) is 0 Å². The predicted octanol–water partition coefficient (Wildman–Crippen LogP) is 8.96. The number of rotatable bonds is 2. The van der Waals surface area contributed by atoms with Gasteiger partial charge in [-0.25, -0.2) is 4.79 Å². The van der Waals surface area contributed by atoms with Gasteiger partial charge in [-0.3, -0.25) is 4.79 Å². The molecule has 0 radical (unpaired) electrons. The normalized spacial score (nSPS) is 43.7. The fourth-order valence-electron chi connectivity index (χ4n) is 11.5. The standard InChI is InChI=1S/C28H46O.C10H10O4/c1-18-9-12-25(3)15-16-27(5)20(21(25)17-18)10-13-28(6)23-8-7-22(29)19(2)26(23,4)14-11-24(27)28;1-14-10(13)5-3-7-2-4-8(11)9(12)6-7/h18-21,23-24H,7-17H2,1-6H3;2-6,11-12H,1H3/b;5-3+. The molecule has 0 aromatic heterocycles. The lowest BCUT2D eigenvalue weighted by molar-refractivity contribution is -0.216. The second kappa shape index (κ2) is 11.6. The lowest BCUT2D eigenvalue weighted by Gasteiger charge is -2.70. The number of phenolic OH excluding ortho intramolecular Hbond substituents is 2. The van der Waals surface area contributed by atoms with Gasteiger partial charge in [0.2, 0.25) is 0 Å². The number of ketones is 1. The number of esters is 1. The highest BCUT2D eigenvalue weighted by molar-refractivity contribution is 5.87. The topological polar surface area (TPSA) is 83.8 Å². The van der Waals surface area contributed by atoms with Gasteiger partial charge < -0.3 is 14.9 Å². The Balaban J connectivity index is 0.000000222. The minimum absolute atomic E-state index is 0.194. The molecule has 1 aromatic carbocycles. The summed E-state index contributed by atoms with van der Waals surface area (Å²) in [6.45, 7) is 15.4. The van der Waals surface area contributed by atoms with Crippen LogP contribution in [0.3, 0.4) is 0 Å². The molecule has 1 aromatic rings. The molecule has 5 aliphatic carbocycles. The third-order valence-corrected chi connectivity index (χ3v) is 14.2. The van der Waals surface area contributed by atoms with E-state index in [9.17, 15) is 9.59 Å². The Kier molecular flexibility index (Phi) is 8.64. The van der Waals surface area contributed by atoms with Crippen LogP contribution in [-0.4, -0.2) is 29.1 Å². The first-order valence-electron chi connectivity index (χ1n) is 17.0. The Labute approximate surface area is 259 Å². The van der Waals surface area contributed by atoms with E-state index in [1.54, 1.807) is 6.07 Å². The molecule has 5 saturated carbocycles. The van der Waals surface area contributed by atoms with Gasteiger partial charge in [-0.15, -0.1) is 0 Å². The minimum atomic E-state index is -0.474. The lowest BCUT2D eigenvalue weighted by Crippen LogP contribution is -2.64. The number of carbonyl (C=O) groups excluding carboxylic acids is 2. The molecule has 0 aliphatic heterocycles. The minimum Gasteiger partial charge on any atom is -0.504 e. The number of hydrogen-bond acceptors (Lipinski definition) is 5. The summed E-state index contributed by atoms with van der Waals surface area (Å²) in [7, 11) is 1.28. The smallest absolute Gasteiger partial charge is 0.330 e. The predicted molar refractivity (Wildman–Crippen MR) is 171 cm³/mol. The maximum atomic E-state index is 12.6. The number of aromatic hydroxyl groups is 2. The maximum Gasteiger partial charge on any atom is 0.330 e. The Morgan fingerprint density at radius 2 is 1.53 bits per heavy atom. The molecular formula is C38H56O5. The molecule has 6 rings (SSSR count). The van der Waals surface area contributed by atoms with E-state index in [1.165, 1.54) is 95.6 Å². The summed E-state index contributed by atoms with van der Waals surface area (Å²) in [5, 5.41) is 18.1. The van der Waals surface area contributed by atoms with E-state index in [0.29, 0.717) is 27.6 Å². The summed E-state index contributed by atoms with van der Waals surface area (Å²) in [6, 6.07) is 4.25. The van der Waals surface area contributed by atoms with Crippen molar-refractivity contribution in [3.8, 4) is 11.5 Å². The molecule has 0 bridgehead atoms. The van der Waals surface area contributed by atoms with E-state index in [4.69, 9.17) is 10.2 Å². The first kappa shape index (κ1) is 32.1. The van der Waals surface area contributed by atoms with Crippen molar-refractivity contribution in [3.63, 3.8) is 0 Å². The zero-order valence-corrected chi connectivity index (χ0v) is 27.7. The SMILES string of the molecule is CC1CCC2(C)CCC3(C)C(CCC4(C)C5CCC(=O)C(C)C5(C)CCC34)C2C1.COC(=O)/C=C/c1ccc(O)c(O)c1. The third-order valence-electron chi connectivity index (χ3n) is 14.2. The fourth-order valence-corrected chi connectivity index (χ4v) is 11.5. The van der Waals surface area contributed by atoms with E-state index >= 15 is 0 Å². The first-order chi connectivity index (χ1) is 20.2. The van der Waals surface area contributed by atoms with Crippen LogP contribution in [-0.2, 0) is 14.3 Å². The van der Waals surface area contributed by atoms with Crippen LogP contribution in [0, 0.1) is 57.2 Å². The van der Waals surface area contributed by atoms with E-state index < -0.39 is 5.97 Å². The van der Waals surface area contributed by atoms with Crippen LogP contribution >= 0.6 is 0 Å². The first-order valence-corrected chi connectivity index (χ1v) is 17.0. The Bertz CT molecular complexity index is 1250. The second-order valence-electron chi connectivity index (χ2n) is 16.3. The van der Waals surface area contributed by atoms with Crippen LogP contribution in [0.25, 0.3) is 6.08 Å². The zero-order valence-electron chi connectivity index (χ0n) is 27.7. The van der Waals surface area contributed by atoms with E-state index in [0.717, 1.165) is 36.0 Å². The summed E-state index contributed by atoms with van der Waals surface area (Å²) in [5.41, 5.74) is 2.48. The molecule has 2 N–H and O–H groups in total. The van der Waals surface area contributed by atoms with Crippen molar-refractivity contribution in [2.75, 3.05) is 7.11 Å². The second-order valence-corrected chi connectivity index (χ2v) is 16.3. The molecule has 5 aliphatic rings. The number of benzene rings is 1. The van der Waals surface area contributed by atoms with Gasteiger partial charge in [0.15, 0.2) is 11.5 Å². The maximum absolute atomic E-state index is 12.6. The average molecular weight is 593 g/mol. The van der Waals surface area contributed by atoms with Gasteiger partial charge in [0.25, 0.3) is 0 Å². The van der Waals surface area contributed by atoms with Crippen molar-refractivity contribution < 1.29 is 24.5 Å². The van der Waals surface area contributed by atoms with Gasteiger partial charge in [0.1, 0.15) is 5.78 Å². The molecule has 0 heterocycles. The number of methoxy groups -OCH3 is 1. The van der Waals surface area contributed by atoms with Crippen molar-refractivity contribution >= 4 is 17.8 Å². The van der Waals surface area contributed by atoms with Crippen molar-refractivity contribution in [3.05, 3.63) is 29.8 Å². The molecule has 238 valence electrons. The van der Waals surface area contributed by atoms with Gasteiger partial charge in [-0.05, 0) is 133 Å². The molecule has 0 spiro atoms. The molecule has 5 nitrogen and oxygen atoms in total. The van der Waals surface area contributed by atoms with Crippen LogP contribution in [0.5, 0.6) is 11.5 Å². The highest BCUT2D eigenvalue weighted by atomic mass is 16.5. The Morgan fingerprint density at radius 3 is 2.23 bits per heavy atom. The zero-order chi connectivity index (χ0) is 31.4. The third kappa shape index (κ3) is 5.46. The number of hydrogen-bond donors (Lipinski definition) is 2. The van der Waals surface area contributed by atoms with Crippen molar-refractivity contribution in [2.45, 2.75) is 112 Å². The van der Waals surface area contributed by atoms with Crippen molar-refractivity contribution in [1.82, 2.24) is 0 Å². The number of carbonyl (C=O) groups is 2. The number of ether oxygens (including phenoxy) is 1. The van der Waals surface area contributed by atoms with Crippen LogP contribution in [0.15, 0.2) is 24.3 Å². The molecule has 10 atom stereocenters. The Hall–Kier alpha value is -2.30. The van der Waals surface area contributed by atoms with Crippen molar-refractivity contribution in [2.24, 2.45) is 57.2 Å². The van der Waals surface area contributed by atoms with Crippen LogP contribution in [0.1, 0.15) is 118 Å². The van der Waals surface area contributed by atoms with Gasteiger partial charge in [0, 0.05) is 18.4 Å². The average Bonchev–Trinajstić information content (AvgIpc) is 2.97. The molecule has 10 unspecified atom stereocenters. The monoisotopic (exact) mass is 592 g/mol. The highest BCUT2D eigenvalue weighted by Crippen LogP contribution is 2.74. The molecule has 5 fully saturated rings. The number of Topliss-reactive ketones (excluding diaryl/α,β-unsaturated/α-hetero) is 1. The van der Waals surface area contributed by atoms with Crippen molar-refractivity contribution in [1.29, 1.82) is 0 Å². The molecule has 0 amide bonds. The summed E-state index contributed by atoms with van der Waals surface area (Å²) in [5.74, 6) is 4.43. The highest BCUT2D eigenvalue weighted by Gasteiger charge is 2.66. The van der Waals surface area contributed by atoms with E-state index in [2.05, 4.69) is 46.3 Å². The van der Waals surface area contributed by atoms with Gasteiger partial charge >= 0.3 is 5.97 Å². The fraction of sp³-hybridized carbons (Fsp3) is 0.737. The van der Waals surface area contributed by atoms with Crippen LogP contribution in [0.2, 0.25) is 0 Å². The molecule has 43 heavy (non-hydrogen) atoms. The summed E-state index contributed by atoms with van der Waals surface area (Å²) in [4.78, 5) is 23.3. The van der Waals surface area contributed by atoms with E-state index in [1.807, 2.05) is 0 Å². The van der Waals surface area contributed by atoms with Crippen LogP contribution < -0.4 is 0 Å². The molecule has 5 heteroatoms. The van der Waals surface area contributed by atoms with Gasteiger partial charge in [-0.1, -0.05) is 54.0 Å². The summed E-state index contributed by atoms with van der Waals surface area (Å²) < 4.78 is 4.39. The van der Waals surface area contributed by atoms with E-state index in [-0.39, 0.29) is 22.8 Å². The summed E-state index contributed by atoms with van der Waals surface area (Å²) in [6.07, 6.45) is 17.7. The van der Waals surface area contributed by atoms with Gasteiger partial charge in [0.05, 0.1) is 7.11 Å².